The summed E-state index contributed by atoms with van der Waals surface area (Å²) in [6.45, 7) is 0. The van der Waals surface area contributed by atoms with Gasteiger partial charge in [0.15, 0.2) is 5.69 Å². The van der Waals surface area contributed by atoms with Crippen LogP contribution in [0.1, 0.15) is 16.1 Å². The lowest BCUT2D eigenvalue weighted by molar-refractivity contribution is -0.138. The van der Waals surface area contributed by atoms with E-state index in [4.69, 9.17) is 15.9 Å². The van der Waals surface area contributed by atoms with E-state index in [0.29, 0.717) is 0 Å². The first kappa shape index (κ1) is 10.2. The maximum Gasteiger partial charge on any atom is 0.358 e. The van der Waals surface area contributed by atoms with Crippen molar-refractivity contribution in [1.29, 1.82) is 0 Å². The van der Waals surface area contributed by atoms with Crippen molar-refractivity contribution in [3.8, 4) is 0 Å². The zero-order valence-corrected chi connectivity index (χ0v) is 7.01. The van der Waals surface area contributed by atoms with E-state index in [-0.39, 0.29) is 17.7 Å². The zero-order chi connectivity index (χ0) is 10.7. The number of aromatic carboxylic acids is 1. The lowest BCUT2D eigenvalue weighted by Crippen LogP contribution is -2.32. The normalized spacial score (nSPS) is 12.4. The number of carboxylic acids is 2. The van der Waals surface area contributed by atoms with E-state index in [1.165, 1.54) is 0 Å². The number of hydrogen-bond acceptors (Lipinski definition) is 5. The van der Waals surface area contributed by atoms with Gasteiger partial charge in [0.1, 0.15) is 12.3 Å². The fourth-order valence-electron chi connectivity index (χ4n) is 0.903. The lowest BCUT2D eigenvalue weighted by atomic mass is 10.1. The first-order valence-electron chi connectivity index (χ1n) is 3.67. The summed E-state index contributed by atoms with van der Waals surface area (Å²) >= 11 is 0. The summed E-state index contributed by atoms with van der Waals surface area (Å²) in [6, 6.07) is -1.16. The number of aromatic nitrogens is 1. The molecule has 0 saturated heterocycles. The molecule has 0 bridgehead atoms. The van der Waals surface area contributed by atoms with Gasteiger partial charge in [-0.15, -0.1) is 0 Å². The molecule has 0 radical (unpaired) electrons. The highest BCUT2D eigenvalue weighted by atomic mass is 16.5. The van der Waals surface area contributed by atoms with Crippen LogP contribution in [0.3, 0.4) is 0 Å². The van der Waals surface area contributed by atoms with Gasteiger partial charge < -0.3 is 20.5 Å². The van der Waals surface area contributed by atoms with Crippen molar-refractivity contribution < 1.29 is 24.3 Å². The van der Waals surface area contributed by atoms with Crippen LogP contribution in [0.25, 0.3) is 0 Å². The second-order valence-electron chi connectivity index (χ2n) is 2.64. The Morgan fingerprint density at radius 3 is 2.71 bits per heavy atom. The van der Waals surface area contributed by atoms with Crippen molar-refractivity contribution in [3.05, 3.63) is 17.5 Å². The molecule has 4 N–H and O–H groups in total. The molecular formula is C7H8N2O5. The molecule has 0 saturated carbocycles. The van der Waals surface area contributed by atoms with Gasteiger partial charge in [0.05, 0.1) is 0 Å². The van der Waals surface area contributed by atoms with Gasteiger partial charge in [-0.3, -0.25) is 4.79 Å². The summed E-state index contributed by atoms with van der Waals surface area (Å²) in [6.07, 6.45) is 0.951. The largest absolute Gasteiger partial charge is 0.480 e. The van der Waals surface area contributed by atoms with E-state index >= 15 is 0 Å². The molecule has 0 aliphatic rings. The molecule has 14 heavy (non-hydrogen) atoms. The number of nitrogens with two attached hydrogens (primary N) is 1. The summed E-state index contributed by atoms with van der Waals surface area (Å²) in [5.41, 5.74) is 5.08. The summed E-state index contributed by atoms with van der Waals surface area (Å²) in [5, 5.41) is 20.3. The number of carbonyl (C=O) groups is 2. The van der Waals surface area contributed by atoms with E-state index in [1.807, 2.05) is 0 Å². The van der Waals surface area contributed by atoms with Crippen LogP contribution in [0.5, 0.6) is 0 Å². The molecule has 1 aromatic heterocycles. The Hall–Kier alpha value is -1.89. The van der Waals surface area contributed by atoms with E-state index in [0.717, 1.165) is 6.26 Å². The fraction of sp³-hybridized carbons (Fsp3) is 0.286. The van der Waals surface area contributed by atoms with Crippen molar-refractivity contribution in [1.82, 2.24) is 5.16 Å². The second-order valence-corrected chi connectivity index (χ2v) is 2.64. The van der Waals surface area contributed by atoms with Crippen LogP contribution >= 0.6 is 0 Å². The molecule has 0 aliphatic heterocycles. The van der Waals surface area contributed by atoms with Gasteiger partial charge >= 0.3 is 11.9 Å². The Morgan fingerprint density at radius 1 is 1.57 bits per heavy atom. The van der Waals surface area contributed by atoms with E-state index in [9.17, 15) is 9.59 Å². The SMILES string of the molecule is N[C@@H](Cc1conc1C(=O)O)C(=O)O. The molecule has 1 atom stereocenters. The first-order chi connectivity index (χ1) is 6.52. The average Bonchev–Trinajstić information content (AvgIpc) is 2.52. The highest BCUT2D eigenvalue weighted by molar-refractivity contribution is 5.87. The number of aliphatic carboxylic acids is 1. The number of rotatable bonds is 4. The standard InChI is InChI=1S/C7H8N2O5/c8-4(6(10)11)1-3-2-14-9-5(3)7(12)13/h2,4H,1,8H2,(H,10,11)(H,12,13)/t4-/m0/s1. The fourth-order valence-corrected chi connectivity index (χ4v) is 0.903. The third-order valence-electron chi connectivity index (χ3n) is 1.60. The van der Waals surface area contributed by atoms with Crippen LogP contribution in [-0.2, 0) is 11.2 Å². The Morgan fingerprint density at radius 2 is 2.21 bits per heavy atom. The van der Waals surface area contributed by atoms with E-state index in [2.05, 4.69) is 9.68 Å². The molecule has 0 fully saturated rings. The molecule has 7 heteroatoms. The molecule has 0 aliphatic carbocycles. The topological polar surface area (TPSA) is 127 Å². The third-order valence-corrected chi connectivity index (χ3v) is 1.60. The van der Waals surface area contributed by atoms with Gasteiger partial charge in [0.2, 0.25) is 0 Å². The van der Waals surface area contributed by atoms with Crippen molar-refractivity contribution in [3.63, 3.8) is 0 Å². The van der Waals surface area contributed by atoms with Crippen molar-refractivity contribution in [2.45, 2.75) is 12.5 Å². The van der Waals surface area contributed by atoms with Crippen LogP contribution in [0, 0.1) is 0 Å². The minimum atomic E-state index is -1.27. The minimum absolute atomic E-state index is 0.125. The summed E-state index contributed by atoms with van der Waals surface area (Å²) in [5.74, 6) is -2.48. The predicted octanol–water partition coefficient (Wildman–Crippen LogP) is -0.673. The second kappa shape index (κ2) is 3.88. The Balaban J connectivity index is 2.81. The van der Waals surface area contributed by atoms with Crippen molar-refractivity contribution >= 4 is 11.9 Å². The maximum atomic E-state index is 10.5. The summed E-state index contributed by atoms with van der Waals surface area (Å²) in [7, 11) is 0. The van der Waals surface area contributed by atoms with Gasteiger partial charge in [0, 0.05) is 12.0 Å². The smallest absolute Gasteiger partial charge is 0.358 e. The average molecular weight is 200 g/mol. The van der Waals surface area contributed by atoms with Crippen molar-refractivity contribution in [2.24, 2.45) is 5.73 Å². The van der Waals surface area contributed by atoms with Gasteiger partial charge in [-0.05, 0) is 0 Å². The molecular weight excluding hydrogens is 192 g/mol. The molecule has 76 valence electrons. The summed E-state index contributed by atoms with van der Waals surface area (Å²) < 4.78 is 4.41. The Bertz CT molecular complexity index is 359. The van der Waals surface area contributed by atoms with E-state index in [1.54, 1.807) is 0 Å². The highest BCUT2D eigenvalue weighted by Crippen LogP contribution is 2.08. The van der Waals surface area contributed by atoms with Crippen LogP contribution in [0.4, 0.5) is 0 Å². The van der Waals surface area contributed by atoms with Gasteiger partial charge in [-0.25, -0.2) is 4.79 Å². The van der Waals surface area contributed by atoms with Crippen LogP contribution in [0.15, 0.2) is 10.8 Å². The maximum absolute atomic E-state index is 10.5. The zero-order valence-electron chi connectivity index (χ0n) is 7.01. The molecule has 0 aromatic carbocycles. The van der Waals surface area contributed by atoms with Crippen LogP contribution < -0.4 is 5.73 Å². The molecule has 1 aromatic rings. The molecule has 1 rings (SSSR count). The third kappa shape index (κ3) is 2.07. The highest BCUT2D eigenvalue weighted by Gasteiger charge is 2.20. The monoisotopic (exact) mass is 200 g/mol. The molecule has 1 heterocycles. The lowest BCUT2D eigenvalue weighted by Gasteiger charge is -2.03. The molecule has 0 unspecified atom stereocenters. The molecule has 0 amide bonds. The van der Waals surface area contributed by atoms with Crippen LogP contribution in [0.2, 0.25) is 0 Å². The Kier molecular flexibility index (Phi) is 2.82. The number of nitrogens with zero attached hydrogens (tertiary/aromatic N) is 1. The van der Waals surface area contributed by atoms with Crippen LogP contribution in [-0.4, -0.2) is 33.4 Å². The summed E-state index contributed by atoms with van der Waals surface area (Å²) in [4.78, 5) is 20.9. The number of carboxylic acid groups (broad SMARTS) is 2. The number of hydrogen-bond donors (Lipinski definition) is 3. The minimum Gasteiger partial charge on any atom is -0.480 e. The first-order valence-corrected chi connectivity index (χ1v) is 3.67. The van der Waals surface area contributed by atoms with Crippen molar-refractivity contribution in [2.75, 3.05) is 0 Å². The van der Waals surface area contributed by atoms with Gasteiger partial charge in [-0.2, -0.15) is 0 Å². The van der Waals surface area contributed by atoms with Gasteiger partial charge in [-0.1, -0.05) is 5.16 Å². The van der Waals surface area contributed by atoms with Gasteiger partial charge in [0.25, 0.3) is 0 Å². The predicted molar refractivity (Wildman–Crippen MR) is 42.8 cm³/mol. The quantitative estimate of drug-likeness (QED) is 0.587. The molecule has 0 spiro atoms. The van der Waals surface area contributed by atoms with E-state index < -0.39 is 18.0 Å². The Labute approximate surface area is 78.1 Å². The molecule has 7 nitrogen and oxygen atoms in total.